The number of urea groups is 1. The normalized spacial score (nSPS) is 11.6. The van der Waals surface area contributed by atoms with E-state index in [4.69, 9.17) is 0 Å². The molecule has 0 aliphatic carbocycles. The van der Waals surface area contributed by atoms with Crippen molar-refractivity contribution < 1.29 is 9.90 Å². The van der Waals surface area contributed by atoms with Crippen molar-refractivity contribution in [2.45, 2.75) is 12.5 Å². The van der Waals surface area contributed by atoms with Crippen molar-refractivity contribution in [2.75, 3.05) is 31.6 Å². The van der Waals surface area contributed by atoms with Gasteiger partial charge in [-0.3, -0.25) is 0 Å². The Morgan fingerprint density at radius 3 is 2.33 bits per heavy atom. The van der Waals surface area contributed by atoms with E-state index in [2.05, 4.69) is 15.5 Å². The van der Waals surface area contributed by atoms with E-state index in [1.165, 1.54) is 0 Å². The number of para-hydroxylation sites is 1. The Labute approximate surface area is 143 Å². The van der Waals surface area contributed by atoms with Crippen LogP contribution in [-0.2, 0) is 0 Å². The van der Waals surface area contributed by atoms with Crippen LogP contribution < -0.4 is 15.5 Å². The molecule has 0 saturated carbocycles. The number of carbonyl (C=O) groups excluding carboxylic acids is 1. The maximum absolute atomic E-state index is 12.1. The number of hydrogen-bond acceptors (Lipinski definition) is 3. The molecule has 0 aromatic heterocycles. The molecule has 0 bridgehead atoms. The fourth-order valence-electron chi connectivity index (χ4n) is 2.49. The van der Waals surface area contributed by atoms with Crippen LogP contribution in [0.2, 0.25) is 0 Å². The van der Waals surface area contributed by atoms with Crippen LogP contribution in [0.15, 0.2) is 60.7 Å². The molecule has 2 aromatic rings. The van der Waals surface area contributed by atoms with Crippen LogP contribution in [0.4, 0.5) is 10.5 Å². The van der Waals surface area contributed by atoms with Crippen molar-refractivity contribution in [3.8, 4) is 0 Å². The molecule has 24 heavy (non-hydrogen) atoms. The lowest BCUT2D eigenvalue weighted by molar-refractivity contribution is 0.229. The maximum Gasteiger partial charge on any atom is 0.315 e. The van der Waals surface area contributed by atoms with Crippen LogP contribution in [0.1, 0.15) is 18.0 Å². The number of carbonyl (C=O) groups is 1. The highest BCUT2D eigenvalue weighted by molar-refractivity contribution is 5.74. The number of hydrogen-bond donors (Lipinski definition) is 3. The highest BCUT2D eigenvalue weighted by Crippen LogP contribution is 2.15. The summed E-state index contributed by atoms with van der Waals surface area (Å²) >= 11 is 0. The van der Waals surface area contributed by atoms with Gasteiger partial charge in [0.1, 0.15) is 0 Å². The van der Waals surface area contributed by atoms with Gasteiger partial charge in [-0.25, -0.2) is 4.79 Å². The molecular formula is C19H25N3O2. The molecule has 5 nitrogen and oxygen atoms in total. The number of likely N-dealkylation sites (N-methyl/N-ethyl adjacent to an activating group) is 1. The van der Waals surface area contributed by atoms with Crippen LogP contribution in [0.3, 0.4) is 0 Å². The second kappa shape index (κ2) is 9.57. The molecule has 0 spiro atoms. The number of benzene rings is 2. The van der Waals surface area contributed by atoms with Gasteiger partial charge in [-0.1, -0.05) is 48.5 Å². The largest absolute Gasteiger partial charge is 0.396 e. The SMILES string of the molecule is CN(CCNC(=O)N[C@H](CCO)c1ccccc1)c1ccccc1. The van der Waals surface area contributed by atoms with Gasteiger partial charge in [-0.2, -0.15) is 0 Å². The summed E-state index contributed by atoms with van der Waals surface area (Å²) in [4.78, 5) is 14.2. The Balaban J connectivity index is 1.79. The number of nitrogens with zero attached hydrogens (tertiary/aromatic N) is 1. The van der Waals surface area contributed by atoms with Gasteiger partial charge >= 0.3 is 6.03 Å². The van der Waals surface area contributed by atoms with E-state index in [-0.39, 0.29) is 18.7 Å². The number of amides is 2. The zero-order chi connectivity index (χ0) is 17.2. The summed E-state index contributed by atoms with van der Waals surface area (Å²) in [6, 6.07) is 19.3. The minimum atomic E-state index is -0.223. The Hall–Kier alpha value is -2.53. The number of nitrogens with one attached hydrogen (secondary N) is 2. The first kappa shape index (κ1) is 17.8. The van der Waals surface area contributed by atoms with Crippen molar-refractivity contribution in [3.63, 3.8) is 0 Å². The average Bonchev–Trinajstić information content (AvgIpc) is 2.63. The molecule has 3 N–H and O–H groups in total. The first-order valence-electron chi connectivity index (χ1n) is 8.17. The van der Waals surface area contributed by atoms with Crippen LogP contribution in [0.25, 0.3) is 0 Å². The van der Waals surface area contributed by atoms with Gasteiger partial charge in [0.25, 0.3) is 0 Å². The van der Waals surface area contributed by atoms with E-state index in [0.29, 0.717) is 19.5 Å². The standard InChI is InChI=1S/C19H25N3O2/c1-22(17-10-6-3-7-11-17)14-13-20-19(24)21-18(12-15-23)16-8-4-2-5-9-16/h2-11,18,23H,12-15H2,1H3,(H2,20,21,24)/t18-/m1/s1. The minimum Gasteiger partial charge on any atom is -0.396 e. The summed E-state index contributed by atoms with van der Waals surface area (Å²) in [5.74, 6) is 0. The highest BCUT2D eigenvalue weighted by atomic mass is 16.3. The number of anilines is 1. The molecular weight excluding hydrogens is 302 g/mol. The van der Waals surface area contributed by atoms with Crippen molar-refractivity contribution in [1.82, 2.24) is 10.6 Å². The van der Waals surface area contributed by atoms with E-state index in [1.54, 1.807) is 0 Å². The number of aliphatic hydroxyl groups excluding tert-OH is 1. The predicted molar refractivity (Wildman–Crippen MR) is 97.1 cm³/mol. The first-order valence-corrected chi connectivity index (χ1v) is 8.17. The molecule has 0 aliphatic heterocycles. The lowest BCUT2D eigenvalue weighted by Gasteiger charge is -2.21. The molecule has 2 rings (SSSR count). The minimum absolute atomic E-state index is 0.0244. The van der Waals surface area contributed by atoms with E-state index in [1.807, 2.05) is 67.7 Å². The lowest BCUT2D eigenvalue weighted by Crippen LogP contribution is -2.41. The quantitative estimate of drug-likeness (QED) is 0.698. The van der Waals surface area contributed by atoms with Gasteiger partial charge in [-0.05, 0) is 24.1 Å². The Kier molecular flexibility index (Phi) is 7.11. The molecule has 2 aromatic carbocycles. The Morgan fingerprint density at radius 1 is 1.08 bits per heavy atom. The summed E-state index contributed by atoms with van der Waals surface area (Å²) in [6.07, 6.45) is 0.487. The molecule has 0 fully saturated rings. The molecule has 0 aliphatic rings. The fraction of sp³-hybridized carbons (Fsp3) is 0.316. The van der Waals surface area contributed by atoms with Gasteiger partial charge in [-0.15, -0.1) is 0 Å². The molecule has 5 heteroatoms. The van der Waals surface area contributed by atoms with Crippen LogP contribution in [0, 0.1) is 0 Å². The van der Waals surface area contributed by atoms with Crippen LogP contribution in [-0.4, -0.2) is 37.9 Å². The van der Waals surface area contributed by atoms with Gasteiger partial charge in [0.2, 0.25) is 0 Å². The summed E-state index contributed by atoms with van der Waals surface area (Å²) < 4.78 is 0. The molecule has 0 heterocycles. The summed E-state index contributed by atoms with van der Waals surface area (Å²) in [5, 5.41) is 15.0. The number of rotatable bonds is 8. The van der Waals surface area contributed by atoms with Crippen LogP contribution in [0.5, 0.6) is 0 Å². The third-order valence-corrected chi connectivity index (χ3v) is 3.85. The first-order chi connectivity index (χ1) is 11.7. The van der Waals surface area contributed by atoms with E-state index in [9.17, 15) is 9.90 Å². The summed E-state index contributed by atoms with van der Waals surface area (Å²) in [6.45, 7) is 1.28. The summed E-state index contributed by atoms with van der Waals surface area (Å²) in [7, 11) is 1.99. The highest BCUT2D eigenvalue weighted by Gasteiger charge is 2.13. The van der Waals surface area contributed by atoms with Gasteiger partial charge in [0, 0.05) is 32.4 Å². The van der Waals surface area contributed by atoms with Crippen molar-refractivity contribution in [1.29, 1.82) is 0 Å². The average molecular weight is 327 g/mol. The summed E-state index contributed by atoms with van der Waals surface area (Å²) in [5.41, 5.74) is 2.10. The lowest BCUT2D eigenvalue weighted by atomic mass is 10.0. The van der Waals surface area contributed by atoms with Gasteiger partial charge in [0.15, 0.2) is 0 Å². The Bertz CT molecular complexity index is 605. The van der Waals surface area contributed by atoms with E-state index < -0.39 is 0 Å². The molecule has 0 radical (unpaired) electrons. The maximum atomic E-state index is 12.1. The van der Waals surface area contributed by atoms with E-state index in [0.717, 1.165) is 11.3 Å². The van der Waals surface area contributed by atoms with Crippen LogP contribution >= 0.6 is 0 Å². The van der Waals surface area contributed by atoms with Crippen molar-refractivity contribution >= 4 is 11.7 Å². The second-order valence-electron chi connectivity index (χ2n) is 5.63. The monoisotopic (exact) mass is 327 g/mol. The second-order valence-corrected chi connectivity index (χ2v) is 5.63. The van der Waals surface area contributed by atoms with Gasteiger partial charge in [0.05, 0.1) is 6.04 Å². The Morgan fingerprint density at radius 2 is 1.71 bits per heavy atom. The zero-order valence-corrected chi connectivity index (χ0v) is 14.0. The third-order valence-electron chi connectivity index (χ3n) is 3.85. The zero-order valence-electron chi connectivity index (χ0n) is 14.0. The van der Waals surface area contributed by atoms with Gasteiger partial charge < -0.3 is 20.6 Å². The topological polar surface area (TPSA) is 64.6 Å². The smallest absolute Gasteiger partial charge is 0.315 e. The third kappa shape index (κ3) is 5.59. The molecule has 128 valence electrons. The van der Waals surface area contributed by atoms with E-state index >= 15 is 0 Å². The molecule has 2 amide bonds. The fourth-order valence-corrected chi connectivity index (χ4v) is 2.49. The number of aliphatic hydroxyl groups is 1. The molecule has 0 unspecified atom stereocenters. The predicted octanol–water partition coefficient (Wildman–Crippen LogP) is 2.55. The molecule has 1 atom stereocenters. The van der Waals surface area contributed by atoms with Crippen molar-refractivity contribution in [2.24, 2.45) is 0 Å². The van der Waals surface area contributed by atoms with Crippen molar-refractivity contribution in [3.05, 3.63) is 66.2 Å². The molecule has 0 saturated heterocycles.